The lowest BCUT2D eigenvalue weighted by Crippen LogP contribution is -2.50. The van der Waals surface area contributed by atoms with E-state index in [4.69, 9.17) is 11.5 Å². The van der Waals surface area contributed by atoms with Gasteiger partial charge >= 0.3 is 0 Å². The highest BCUT2D eigenvalue weighted by atomic mass is 32.2. The molecular weight excluding hydrogens is 294 g/mol. The lowest BCUT2D eigenvalue weighted by atomic mass is 10.0. The molecule has 1 atom stereocenters. The van der Waals surface area contributed by atoms with Gasteiger partial charge in [0.1, 0.15) is 10.9 Å². The van der Waals surface area contributed by atoms with Gasteiger partial charge in [-0.15, -0.1) is 0 Å². The fourth-order valence-corrected chi connectivity index (χ4v) is 4.29. The van der Waals surface area contributed by atoms with Crippen molar-refractivity contribution in [2.45, 2.75) is 50.1 Å². The summed E-state index contributed by atoms with van der Waals surface area (Å²) in [5.74, 6) is -0.671. The summed E-state index contributed by atoms with van der Waals surface area (Å²) >= 11 is 0. The third kappa shape index (κ3) is 3.03. The van der Waals surface area contributed by atoms with Gasteiger partial charge < -0.3 is 11.5 Å². The number of nitrogens with two attached hydrogens (primary N) is 2. The first-order valence-electron chi connectivity index (χ1n) is 7.02. The summed E-state index contributed by atoms with van der Waals surface area (Å²) in [5, 5.41) is 4.00. The summed E-state index contributed by atoms with van der Waals surface area (Å²) in [4.78, 5) is 11.4. The number of nitrogens with zero attached hydrogens (tertiary/aromatic N) is 3. The number of hydrogen-bond donors (Lipinski definition) is 2. The van der Waals surface area contributed by atoms with Gasteiger partial charge in [0.25, 0.3) is 0 Å². The van der Waals surface area contributed by atoms with Crippen molar-refractivity contribution in [2.24, 2.45) is 5.73 Å². The van der Waals surface area contributed by atoms with Crippen LogP contribution < -0.4 is 11.5 Å². The fourth-order valence-electron chi connectivity index (χ4n) is 2.56. The van der Waals surface area contributed by atoms with Gasteiger partial charge in [-0.2, -0.15) is 9.40 Å². The van der Waals surface area contributed by atoms with E-state index in [1.165, 1.54) is 10.9 Å². The molecule has 0 saturated carbocycles. The van der Waals surface area contributed by atoms with Gasteiger partial charge in [-0.25, -0.2) is 8.42 Å². The van der Waals surface area contributed by atoms with Crippen LogP contribution in [0.15, 0.2) is 11.1 Å². The molecule has 4 N–H and O–H groups in total. The summed E-state index contributed by atoms with van der Waals surface area (Å²) in [6, 6.07) is -0.808. The highest BCUT2D eigenvalue weighted by Crippen LogP contribution is 2.27. The number of piperidine rings is 1. The number of rotatable bonds is 5. The molecule has 1 aliphatic heterocycles. The molecular formula is C12H21N5O3S. The Kier molecular flexibility index (Phi) is 4.52. The molecule has 1 saturated heterocycles. The van der Waals surface area contributed by atoms with E-state index in [9.17, 15) is 13.2 Å². The third-order valence-electron chi connectivity index (χ3n) is 3.58. The Morgan fingerprint density at radius 3 is 2.81 bits per heavy atom. The molecule has 1 aliphatic rings. The summed E-state index contributed by atoms with van der Waals surface area (Å²) in [7, 11) is -3.86. The minimum absolute atomic E-state index is 0.0442. The van der Waals surface area contributed by atoms with Crippen molar-refractivity contribution < 1.29 is 13.2 Å². The van der Waals surface area contributed by atoms with Crippen molar-refractivity contribution in [2.75, 3.05) is 12.3 Å². The van der Waals surface area contributed by atoms with Gasteiger partial charge in [0.2, 0.25) is 15.9 Å². The highest BCUT2D eigenvalue weighted by molar-refractivity contribution is 7.89. The van der Waals surface area contributed by atoms with Crippen molar-refractivity contribution in [3.05, 3.63) is 6.20 Å². The van der Waals surface area contributed by atoms with Crippen LogP contribution in [0.3, 0.4) is 0 Å². The standard InChI is InChI=1S/C12H21N5O3S/c1-2-6-16-8-10(11(13)15-16)21(19,20)17-7-4-3-5-9(17)12(14)18/h8-9H,2-7H2,1H3,(H2,13,15)(H2,14,18). The molecule has 9 heteroatoms. The number of nitrogen functional groups attached to an aromatic ring is 1. The minimum atomic E-state index is -3.86. The molecule has 1 fully saturated rings. The molecule has 0 bridgehead atoms. The van der Waals surface area contributed by atoms with Gasteiger partial charge in [0.05, 0.1) is 0 Å². The lowest BCUT2D eigenvalue weighted by Gasteiger charge is -2.32. The first-order chi connectivity index (χ1) is 9.87. The van der Waals surface area contributed by atoms with Crippen LogP contribution in [0.5, 0.6) is 0 Å². The van der Waals surface area contributed by atoms with E-state index < -0.39 is 22.0 Å². The van der Waals surface area contributed by atoms with Crippen LogP contribution in [-0.2, 0) is 21.4 Å². The molecule has 1 amide bonds. The van der Waals surface area contributed by atoms with Crippen molar-refractivity contribution >= 4 is 21.7 Å². The van der Waals surface area contributed by atoms with Crippen LogP contribution in [0, 0.1) is 0 Å². The van der Waals surface area contributed by atoms with Crippen molar-refractivity contribution in [3.63, 3.8) is 0 Å². The summed E-state index contributed by atoms with van der Waals surface area (Å²) in [5.41, 5.74) is 11.1. The zero-order chi connectivity index (χ0) is 15.6. The zero-order valence-electron chi connectivity index (χ0n) is 12.0. The largest absolute Gasteiger partial charge is 0.381 e. The molecule has 2 rings (SSSR count). The predicted molar refractivity (Wildman–Crippen MR) is 77.7 cm³/mol. The lowest BCUT2D eigenvalue weighted by molar-refractivity contribution is -0.122. The molecule has 1 aromatic rings. The third-order valence-corrected chi connectivity index (χ3v) is 5.50. The second-order valence-electron chi connectivity index (χ2n) is 5.17. The van der Waals surface area contributed by atoms with E-state index in [1.807, 2.05) is 6.92 Å². The number of carbonyl (C=O) groups excluding carboxylic acids is 1. The second-order valence-corrected chi connectivity index (χ2v) is 7.03. The SMILES string of the molecule is CCCn1cc(S(=O)(=O)N2CCCCC2C(N)=O)c(N)n1. The number of anilines is 1. The average molecular weight is 315 g/mol. The molecule has 0 aliphatic carbocycles. The van der Waals surface area contributed by atoms with Crippen LogP contribution in [0.25, 0.3) is 0 Å². The van der Waals surface area contributed by atoms with E-state index in [0.29, 0.717) is 19.4 Å². The van der Waals surface area contributed by atoms with Crippen LogP contribution in [0.2, 0.25) is 0 Å². The predicted octanol–water partition coefficient (Wildman–Crippen LogP) is -0.0962. The monoisotopic (exact) mass is 315 g/mol. The van der Waals surface area contributed by atoms with E-state index in [2.05, 4.69) is 5.10 Å². The maximum atomic E-state index is 12.7. The number of carbonyl (C=O) groups is 1. The number of hydrogen-bond acceptors (Lipinski definition) is 5. The van der Waals surface area contributed by atoms with E-state index >= 15 is 0 Å². The molecule has 0 spiro atoms. The van der Waals surface area contributed by atoms with Gasteiger partial charge in [-0.3, -0.25) is 9.48 Å². The molecule has 8 nitrogen and oxygen atoms in total. The summed E-state index contributed by atoms with van der Waals surface area (Å²) in [6.45, 7) is 2.81. The maximum absolute atomic E-state index is 12.7. The number of aromatic nitrogens is 2. The summed E-state index contributed by atoms with van der Waals surface area (Å²) < 4.78 is 28.1. The Morgan fingerprint density at radius 2 is 2.19 bits per heavy atom. The van der Waals surface area contributed by atoms with Crippen LogP contribution >= 0.6 is 0 Å². The minimum Gasteiger partial charge on any atom is -0.381 e. The quantitative estimate of drug-likeness (QED) is 0.785. The molecule has 1 aromatic heterocycles. The van der Waals surface area contributed by atoms with E-state index in [-0.39, 0.29) is 17.3 Å². The van der Waals surface area contributed by atoms with Crippen molar-refractivity contribution in [3.8, 4) is 0 Å². The second kappa shape index (κ2) is 6.02. The van der Waals surface area contributed by atoms with E-state index in [1.54, 1.807) is 0 Å². The first kappa shape index (κ1) is 15.8. The van der Waals surface area contributed by atoms with Crippen LogP contribution in [0.1, 0.15) is 32.6 Å². The van der Waals surface area contributed by atoms with Gasteiger partial charge in [0, 0.05) is 19.3 Å². The number of amides is 1. The van der Waals surface area contributed by atoms with E-state index in [0.717, 1.165) is 17.1 Å². The number of primary amides is 1. The molecule has 118 valence electrons. The number of aryl methyl sites for hydroxylation is 1. The number of sulfonamides is 1. The maximum Gasteiger partial charge on any atom is 0.249 e. The highest BCUT2D eigenvalue weighted by Gasteiger charge is 2.38. The van der Waals surface area contributed by atoms with Crippen LogP contribution in [-0.4, -0.2) is 41.0 Å². The molecule has 0 aromatic carbocycles. The first-order valence-corrected chi connectivity index (χ1v) is 8.46. The normalized spacial score (nSPS) is 20.5. The zero-order valence-corrected chi connectivity index (χ0v) is 12.8. The topological polar surface area (TPSA) is 124 Å². The van der Waals surface area contributed by atoms with Gasteiger partial charge in [-0.05, 0) is 19.3 Å². The Morgan fingerprint density at radius 1 is 1.48 bits per heavy atom. The average Bonchev–Trinajstić information content (AvgIpc) is 2.81. The van der Waals surface area contributed by atoms with Crippen LogP contribution in [0.4, 0.5) is 5.82 Å². The Labute approximate surface area is 124 Å². The molecule has 2 heterocycles. The Hall–Kier alpha value is -1.61. The Balaban J connectivity index is 2.38. The smallest absolute Gasteiger partial charge is 0.249 e. The van der Waals surface area contributed by atoms with Crippen molar-refractivity contribution in [1.82, 2.24) is 14.1 Å². The van der Waals surface area contributed by atoms with Gasteiger partial charge in [-0.1, -0.05) is 13.3 Å². The fraction of sp³-hybridized carbons (Fsp3) is 0.667. The molecule has 1 unspecified atom stereocenters. The molecule has 21 heavy (non-hydrogen) atoms. The summed E-state index contributed by atoms with van der Waals surface area (Å²) in [6.07, 6.45) is 4.16. The molecule has 0 radical (unpaired) electrons. The van der Waals surface area contributed by atoms with Gasteiger partial charge in [0.15, 0.2) is 5.82 Å². The van der Waals surface area contributed by atoms with Crippen molar-refractivity contribution in [1.29, 1.82) is 0 Å². The Bertz CT molecular complexity index is 625.